The molecule has 0 saturated heterocycles. The molecule has 8 heteroatoms. The minimum atomic E-state index is -3.87. The third-order valence-electron chi connectivity index (χ3n) is 2.00. The van der Waals surface area contributed by atoms with E-state index in [1.165, 1.54) is 18.2 Å². The van der Waals surface area contributed by atoms with Gasteiger partial charge in [0, 0.05) is 5.02 Å². The van der Waals surface area contributed by atoms with Crippen LogP contribution in [0.2, 0.25) is 5.02 Å². The number of hydrogen-bond donors (Lipinski definition) is 2. The predicted octanol–water partition coefficient (Wildman–Crippen LogP) is 0.336. The van der Waals surface area contributed by atoms with Crippen LogP contribution in [0.4, 0.5) is 5.69 Å². The fraction of sp³-hybridized carbons (Fsp3) is 0.200. The molecule has 0 spiro atoms. The van der Waals surface area contributed by atoms with E-state index < -0.39 is 21.5 Å². The van der Waals surface area contributed by atoms with Crippen molar-refractivity contribution in [2.75, 3.05) is 18.0 Å². The Balaban J connectivity index is 2.97. The van der Waals surface area contributed by atoms with Crippen molar-refractivity contribution in [1.82, 2.24) is 5.32 Å². The number of carbonyl (C=O) groups excluding carboxylic acids is 1. The average molecular weight is 288 g/mol. The maximum atomic E-state index is 11.9. The zero-order valence-corrected chi connectivity index (χ0v) is 10.8. The Bertz CT molecular complexity index is 607. The standard InChI is InChI=1S/C10H10ClN3O3S/c11-7-1-2-8(13)9(5-7)18(16,17)6-10(15)14-4-3-12/h1-2,5H,4,6,13H2,(H,14,15). The van der Waals surface area contributed by atoms with Gasteiger partial charge >= 0.3 is 0 Å². The van der Waals surface area contributed by atoms with Crippen molar-refractivity contribution in [2.45, 2.75) is 4.90 Å². The van der Waals surface area contributed by atoms with E-state index in [0.717, 1.165) is 0 Å². The molecule has 0 aliphatic heterocycles. The van der Waals surface area contributed by atoms with Crippen molar-refractivity contribution in [3.8, 4) is 6.07 Å². The maximum Gasteiger partial charge on any atom is 0.236 e. The van der Waals surface area contributed by atoms with Gasteiger partial charge in [0.1, 0.15) is 12.3 Å². The van der Waals surface area contributed by atoms with Crippen molar-refractivity contribution in [3.63, 3.8) is 0 Å². The lowest BCUT2D eigenvalue weighted by molar-refractivity contribution is -0.118. The molecule has 0 radical (unpaired) electrons. The van der Waals surface area contributed by atoms with Crippen LogP contribution in [0.15, 0.2) is 23.1 Å². The van der Waals surface area contributed by atoms with Crippen LogP contribution in [0.1, 0.15) is 0 Å². The van der Waals surface area contributed by atoms with E-state index in [9.17, 15) is 13.2 Å². The van der Waals surface area contributed by atoms with Gasteiger partial charge in [0.25, 0.3) is 0 Å². The number of rotatable bonds is 4. The molecule has 1 aromatic carbocycles. The number of nitrogens with one attached hydrogen (secondary N) is 1. The van der Waals surface area contributed by atoms with E-state index >= 15 is 0 Å². The van der Waals surface area contributed by atoms with Crippen LogP contribution < -0.4 is 11.1 Å². The van der Waals surface area contributed by atoms with Crippen LogP contribution >= 0.6 is 11.6 Å². The van der Waals surface area contributed by atoms with Crippen LogP contribution in [0.25, 0.3) is 0 Å². The van der Waals surface area contributed by atoms with Gasteiger partial charge in [-0.2, -0.15) is 5.26 Å². The lowest BCUT2D eigenvalue weighted by Crippen LogP contribution is -2.30. The Labute approximate surface area is 109 Å². The summed E-state index contributed by atoms with van der Waals surface area (Å²) in [6, 6.07) is 5.66. The number of nitriles is 1. The molecule has 0 aliphatic rings. The first-order valence-electron chi connectivity index (χ1n) is 4.78. The zero-order chi connectivity index (χ0) is 13.8. The number of nitrogens with zero attached hydrogens (tertiary/aromatic N) is 1. The molecule has 0 heterocycles. The summed E-state index contributed by atoms with van der Waals surface area (Å²) < 4.78 is 23.8. The van der Waals surface area contributed by atoms with E-state index in [2.05, 4.69) is 5.32 Å². The lowest BCUT2D eigenvalue weighted by atomic mass is 10.3. The highest BCUT2D eigenvalue weighted by atomic mass is 35.5. The van der Waals surface area contributed by atoms with Crippen molar-refractivity contribution < 1.29 is 13.2 Å². The van der Waals surface area contributed by atoms with Gasteiger partial charge in [0.15, 0.2) is 9.84 Å². The summed E-state index contributed by atoms with van der Waals surface area (Å²) in [6.07, 6.45) is 0. The largest absolute Gasteiger partial charge is 0.398 e. The van der Waals surface area contributed by atoms with Gasteiger partial charge < -0.3 is 11.1 Å². The lowest BCUT2D eigenvalue weighted by Gasteiger charge is -2.07. The van der Waals surface area contributed by atoms with Crippen LogP contribution in [0.5, 0.6) is 0 Å². The van der Waals surface area contributed by atoms with Crippen LogP contribution in [-0.2, 0) is 14.6 Å². The first-order valence-corrected chi connectivity index (χ1v) is 6.81. The summed E-state index contributed by atoms with van der Waals surface area (Å²) in [4.78, 5) is 11.1. The molecule has 0 aliphatic carbocycles. The molecule has 1 rings (SSSR count). The van der Waals surface area contributed by atoms with Crippen LogP contribution in [0, 0.1) is 11.3 Å². The van der Waals surface area contributed by atoms with E-state index in [0.29, 0.717) is 0 Å². The summed E-state index contributed by atoms with van der Waals surface area (Å²) in [5.41, 5.74) is 5.55. The number of anilines is 1. The summed E-state index contributed by atoms with van der Waals surface area (Å²) in [6.45, 7) is -0.251. The fourth-order valence-electron chi connectivity index (χ4n) is 1.22. The molecule has 1 aromatic rings. The highest BCUT2D eigenvalue weighted by molar-refractivity contribution is 7.92. The molecule has 0 saturated carbocycles. The Morgan fingerprint density at radius 3 is 2.78 bits per heavy atom. The summed E-state index contributed by atoms with van der Waals surface area (Å²) >= 11 is 5.68. The average Bonchev–Trinajstić information content (AvgIpc) is 2.29. The van der Waals surface area contributed by atoms with Crippen molar-refractivity contribution in [1.29, 1.82) is 5.26 Å². The summed E-state index contributed by atoms with van der Waals surface area (Å²) in [5.74, 6) is -1.55. The Morgan fingerprint density at radius 2 is 2.17 bits per heavy atom. The van der Waals surface area contributed by atoms with Gasteiger partial charge in [0.2, 0.25) is 5.91 Å². The first-order chi connectivity index (χ1) is 8.36. The fourth-order valence-corrected chi connectivity index (χ4v) is 2.79. The third-order valence-corrected chi connectivity index (χ3v) is 3.90. The molecule has 0 atom stereocenters. The first kappa shape index (κ1) is 14.3. The number of nitrogens with two attached hydrogens (primary N) is 1. The number of benzene rings is 1. The number of amides is 1. The Morgan fingerprint density at radius 1 is 1.50 bits per heavy atom. The van der Waals surface area contributed by atoms with Crippen LogP contribution in [-0.4, -0.2) is 26.6 Å². The number of nitrogen functional groups attached to an aromatic ring is 1. The monoisotopic (exact) mass is 287 g/mol. The number of hydrogen-bond acceptors (Lipinski definition) is 5. The molecule has 0 aromatic heterocycles. The van der Waals surface area contributed by atoms with Crippen LogP contribution in [0.3, 0.4) is 0 Å². The highest BCUT2D eigenvalue weighted by Gasteiger charge is 2.21. The summed E-state index contributed by atoms with van der Waals surface area (Å²) in [5, 5.41) is 10.6. The molecular formula is C10H10ClN3O3S. The molecule has 0 bridgehead atoms. The number of halogens is 1. The second-order valence-corrected chi connectivity index (χ2v) is 5.77. The number of carbonyl (C=O) groups is 1. The van der Waals surface area contributed by atoms with Crippen molar-refractivity contribution in [2.24, 2.45) is 0 Å². The minimum absolute atomic E-state index is 0.0208. The maximum absolute atomic E-state index is 11.9. The Hall–Kier alpha value is -1.78. The van der Waals surface area contributed by atoms with Gasteiger partial charge in [-0.15, -0.1) is 0 Å². The van der Waals surface area contributed by atoms with Gasteiger partial charge in [-0.25, -0.2) is 8.42 Å². The van der Waals surface area contributed by atoms with Gasteiger partial charge in [-0.1, -0.05) is 11.6 Å². The third kappa shape index (κ3) is 3.61. The van der Waals surface area contributed by atoms with E-state index in [-0.39, 0.29) is 22.2 Å². The van der Waals surface area contributed by atoms with Gasteiger partial charge in [0.05, 0.1) is 16.7 Å². The second kappa shape index (κ2) is 5.71. The minimum Gasteiger partial charge on any atom is -0.398 e. The van der Waals surface area contributed by atoms with Crippen molar-refractivity contribution in [3.05, 3.63) is 23.2 Å². The normalized spacial score (nSPS) is 10.7. The molecule has 0 fully saturated rings. The molecule has 6 nitrogen and oxygen atoms in total. The van der Waals surface area contributed by atoms with Gasteiger partial charge in [-0.05, 0) is 18.2 Å². The molecular weight excluding hydrogens is 278 g/mol. The molecule has 3 N–H and O–H groups in total. The Kier molecular flexibility index (Phi) is 4.53. The molecule has 96 valence electrons. The van der Waals surface area contributed by atoms with Crippen molar-refractivity contribution >= 4 is 33.0 Å². The number of sulfone groups is 1. The van der Waals surface area contributed by atoms with E-state index in [1.54, 1.807) is 6.07 Å². The summed E-state index contributed by atoms with van der Waals surface area (Å²) in [7, 11) is -3.87. The molecule has 0 unspecified atom stereocenters. The zero-order valence-electron chi connectivity index (χ0n) is 9.18. The smallest absolute Gasteiger partial charge is 0.236 e. The topological polar surface area (TPSA) is 113 Å². The second-order valence-electron chi connectivity index (χ2n) is 3.38. The molecule has 18 heavy (non-hydrogen) atoms. The van der Waals surface area contributed by atoms with Gasteiger partial charge in [-0.3, -0.25) is 4.79 Å². The quantitative estimate of drug-likeness (QED) is 0.612. The highest BCUT2D eigenvalue weighted by Crippen LogP contribution is 2.23. The molecule has 1 amide bonds. The van der Waals surface area contributed by atoms with E-state index in [1.807, 2.05) is 0 Å². The van der Waals surface area contributed by atoms with E-state index in [4.69, 9.17) is 22.6 Å². The predicted molar refractivity (Wildman–Crippen MR) is 66.5 cm³/mol. The SMILES string of the molecule is N#CCNC(=O)CS(=O)(=O)c1cc(Cl)ccc1N.